The summed E-state index contributed by atoms with van der Waals surface area (Å²) in [5, 5.41) is 13.4. The Morgan fingerprint density at radius 1 is 1.29 bits per heavy atom. The third kappa shape index (κ3) is 5.95. The number of hydrogen-bond acceptors (Lipinski definition) is 5. The van der Waals surface area contributed by atoms with Crippen LogP contribution >= 0.6 is 0 Å². The Morgan fingerprint density at radius 3 is 2.45 bits per heavy atom. The first kappa shape index (κ1) is 23.0. The number of aromatic nitrogens is 1. The van der Waals surface area contributed by atoms with E-state index in [0.29, 0.717) is 17.9 Å². The molecule has 2 aliphatic rings. The van der Waals surface area contributed by atoms with Crippen LogP contribution in [-0.4, -0.2) is 40.5 Å². The number of carbonyl (C=O) groups excluding carboxylic acids is 2. The van der Waals surface area contributed by atoms with E-state index in [1.807, 2.05) is 0 Å². The summed E-state index contributed by atoms with van der Waals surface area (Å²) in [5.41, 5.74) is -0.688. The summed E-state index contributed by atoms with van der Waals surface area (Å²) < 4.78 is 44.2. The standard InChI is InChI=1S/C21H27F3N4O3/c1-11(21(22,23)24)31-17-8-16(26-10-15(17)14-6-7-14)18(30)28-20(3,9-13-4-5-13)19(25)27-12(2)29/h8,10-11,13-14H,4-7,9H2,1-3H3,(H,28,30)(H2,25,27,29)/t11-,20?/m0/s1. The number of pyridine rings is 1. The highest BCUT2D eigenvalue weighted by Crippen LogP contribution is 2.45. The van der Waals surface area contributed by atoms with Crippen LogP contribution in [0.4, 0.5) is 13.2 Å². The third-order valence-corrected chi connectivity index (χ3v) is 5.55. The van der Waals surface area contributed by atoms with Gasteiger partial charge >= 0.3 is 6.18 Å². The minimum Gasteiger partial charge on any atom is -0.481 e. The molecule has 3 rings (SSSR count). The third-order valence-electron chi connectivity index (χ3n) is 5.55. The van der Waals surface area contributed by atoms with Crippen molar-refractivity contribution in [3.63, 3.8) is 0 Å². The Hall–Kier alpha value is -2.65. The molecule has 1 heterocycles. The van der Waals surface area contributed by atoms with Gasteiger partial charge in [0.2, 0.25) is 5.91 Å². The first-order chi connectivity index (χ1) is 14.4. The number of nitrogens with zero attached hydrogens (tertiary/aromatic N) is 1. The lowest BCUT2D eigenvalue weighted by Crippen LogP contribution is -2.57. The molecule has 0 aliphatic heterocycles. The Kier molecular flexibility index (Phi) is 6.29. The van der Waals surface area contributed by atoms with E-state index < -0.39 is 29.6 Å². The fourth-order valence-corrected chi connectivity index (χ4v) is 3.38. The van der Waals surface area contributed by atoms with Crippen molar-refractivity contribution in [1.82, 2.24) is 15.6 Å². The number of hydrogen-bond donors (Lipinski definition) is 3. The van der Waals surface area contributed by atoms with Crippen LogP contribution in [0.25, 0.3) is 0 Å². The van der Waals surface area contributed by atoms with E-state index in [1.165, 1.54) is 19.2 Å². The van der Waals surface area contributed by atoms with Crippen molar-refractivity contribution in [2.24, 2.45) is 5.92 Å². The molecule has 1 aromatic rings. The number of amidine groups is 1. The van der Waals surface area contributed by atoms with E-state index in [9.17, 15) is 22.8 Å². The lowest BCUT2D eigenvalue weighted by Gasteiger charge is -2.31. The van der Waals surface area contributed by atoms with E-state index in [2.05, 4.69) is 15.6 Å². The predicted molar refractivity (Wildman–Crippen MR) is 107 cm³/mol. The highest BCUT2D eigenvalue weighted by atomic mass is 19.4. The molecule has 2 saturated carbocycles. The van der Waals surface area contributed by atoms with Crippen molar-refractivity contribution in [3.8, 4) is 5.75 Å². The van der Waals surface area contributed by atoms with Crippen LogP contribution < -0.4 is 15.4 Å². The van der Waals surface area contributed by atoms with Gasteiger partial charge in [-0.1, -0.05) is 12.8 Å². The zero-order chi connectivity index (χ0) is 23.0. The van der Waals surface area contributed by atoms with Gasteiger partial charge in [-0.05, 0) is 44.9 Å². The number of ether oxygens (including phenoxy) is 1. The molecule has 10 heteroatoms. The number of carbonyl (C=O) groups is 2. The van der Waals surface area contributed by atoms with E-state index >= 15 is 0 Å². The lowest BCUT2D eigenvalue weighted by atomic mass is 9.92. The second kappa shape index (κ2) is 8.47. The Labute approximate surface area is 178 Å². The minimum absolute atomic E-state index is 0.00620. The molecule has 3 N–H and O–H groups in total. The van der Waals surface area contributed by atoms with Crippen molar-refractivity contribution < 1.29 is 27.5 Å². The van der Waals surface area contributed by atoms with Gasteiger partial charge in [0.05, 0.1) is 5.54 Å². The topological polar surface area (TPSA) is 104 Å². The highest BCUT2D eigenvalue weighted by Gasteiger charge is 2.41. The number of halogens is 3. The lowest BCUT2D eigenvalue weighted by molar-refractivity contribution is -0.189. The van der Waals surface area contributed by atoms with Gasteiger partial charge in [-0.2, -0.15) is 13.2 Å². The summed E-state index contributed by atoms with van der Waals surface area (Å²) >= 11 is 0. The van der Waals surface area contributed by atoms with Crippen molar-refractivity contribution >= 4 is 17.6 Å². The monoisotopic (exact) mass is 440 g/mol. The molecule has 0 radical (unpaired) electrons. The molecule has 2 amide bonds. The number of amides is 2. The molecule has 7 nitrogen and oxygen atoms in total. The van der Waals surface area contributed by atoms with Crippen molar-refractivity contribution in [2.75, 3.05) is 0 Å². The Morgan fingerprint density at radius 2 is 1.94 bits per heavy atom. The molecular weight excluding hydrogens is 413 g/mol. The summed E-state index contributed by atoms with van der Waals surface area (Å²) in [5.74, 6) is -0.815. The van der Waals surface area contributed by atoms with E-state index in [0.717, 1.165) is 32.6 Å². The molecule has 2 aliphatic carbocycles. The van der Waals surface area contributed by atoms with Gasteiger partial charge in [0.1, 0.15) is 17.3 Å². The van der Waals surface area contributed by atoms with Crippen LogP contribution in [0, 0.1) is 11.3 Å². The summed E-state index contributed by atoms with van der Waals surface area (Å²) in [4.78, 5) is 28.5. The normalized spacial score (nSPS) is 19.2. The zero-order valence-corrected chi connectivity index (χ0v) is 17.7. The quantitative estimate of drug-likeness (QED) is 0.424. The first-order valence-corrected chi connectivity index (χ1v) is 10.3. The van der Waals surface area contributed by atoms with Crippen LogP contribution in [0.3, 0.4) is 0 Å². The average molecular weight is 440 g/mol. The number of alkyl halides is 3. The molecule has 170 valence electrons. The van der Waals surface area contributed by atoms with Crippen LogP contribution in [0.2, 0.25) is 0 Å². The maximum atomic E-state index is 13.0. The van der Waals surface area contributed by atoms with Crippen LogP contribution in [0.1, 0.15) is 74.8 Å². The molecule has 2 atom stereocenters. The summed E-state index contributed by atoms with van der Waals surface area (Å²) in [6.45, 7) is 3.83. The second-order valence-corrected chi connectivity index (χ2v) is 8.67. The number of rotatable bonds is 8. The van der Waals surface area contributed by atoms with Gasteiger partial charge < -0.3 is 15.4 Å². The zero-order valence-electron chi connectivity index (χ0n) is 17.7. The van der Waals surface area contributed by atoms with E-state index in [-0.39, 0.29) is 23.2 Å². The molecule has 0 bridgehead atoms. The minimum atomic E-state index is -4.54. The van der Waals surface area contributed by atoms with Gasteiger partial charge in [-0.3, -0.25) is 20.0 Å². The predicted octanol–water partition coefficient (Wildman–Crippen LogP) is 3.69. The van der Waals surface area contributed by atoms with Gasteiger partial charge in [-0.15, -0.1) is 0 Å². The van der Waals surface area contributed by atoms with Crippen molar-refractivity contribution in [3.05, 3.63) is 23.5 Å². The molecule has 1 unspecified atom stereocenters. The van der Waals surface area contributed by atoms with Gasteiger partial charge in [-0.25, -0.2) is 0 Å². The maximum Gasteiger partial charge on any atom is 0.425 e. The SMILES string of the molecule is CC(=O)NC(=N)C(C)(CC1CC1)NC(=O)c1cc(O[C@@H](C)C(F)(F)F)c(C2CC2)cn1. The fraction of sp³-hybridized carbons (Fsp3) is 0.619. The van der Waals surface area contributed by atoms with Gasteiger partial charge in [0, 0.05) is 24.8 Å². The van der Waals surface area contributed by atoms with Crippen LogP contribution in [0.15, 0.2) is 12.3 Å². The largest absolute Gasteiger partial charge is 0.481 e. The van der Waals surface area contributed by atoms with Crippen molar-refractivity contribution in [2.45, 2.75) is 76.6 Å². The summed E-state index contributed by atoms with van der Waals surface area (Å²) in [6, 6.07) is 1.23. The summed E-state index contributed by atoms with van der Waals surface area (Å²) in [7, 11) is 0. The molecule has 0 spiro atoms. The molecule has 0 saturated heterocycles. The summed E-state index contributed by atoms with van der Waals surface area (Å²) in [6.07, 6.45) is -1.11. The van der Waals surface area contributed by atoms with E-state index in [4.69, 9.17) is 10.1 Å². The van der Waals surface area contributed by atoms with E-state index in [1.54, 1.807) is 6.92 Å². The average Bonchev–Trinajstić information content (AvgIpc) is 3.55. The van der Waals surface area contributed by atoms with Gasteiger partial charge in [0.25, 0.3) is 5.91 Å². The molecule has 0 aromatic carbocycles. The fourth-order valence-electron chi connectivity index (χ4n) is 3.38. The molecule has 1 aromatic heterocycles. The molecular formula is C21H27F3N4O3. The highest BCUT2D eigenvalue weighted by molar-refractivity contribution is 6.04. The first-order valence-electron chi connectivity index (χ1n) is 10.3. The van der Waals surface area contributed by atoms with Crippen molar-refractivity contribution in [1.29, 1.82) is 5.41 Å². The second-order valence-electron chi connectivity index (χ2n) is 8.67. The number of nitrogens with one attached hydrogen (secondary N) is 3. The Bertz CT molecular complexity index is 881. The molecule has 31 heavy (non-hydrogen) atoms. The Balaban J connectivity index is 1.83. The van der Waals surface area contributed by atoms with Crippen LogP contribution in [-0.2, 0) is 4.79 Å². The van der Waals surface area contributed by atoms with Crippen LogP contribution in [0.5, 0.6) is 5.75 Å². The van der Waals surface area contributed by atoms with Gasteiger partial charge in [0.15, 0.2) is 6.10 Å². The maximum absolute atomic E-state index is 13.0. The smallest absolute Gasteiger partial charge is 0.425 e. The molecule has 2 fully saturated rings.